The van der Waals surface area contributed by atoms with Crippen LogP contribution in [-0.2, 0) is 17.7 Å². The molecule has 0 aliphatic carbocycles. The molecule has 3 rings (SSSR count). The lowest BCUT2D eigenvalue weighted by molar-refractivity contribution is 0.0687. The molecule has 0 saturated heterocycles. The zero-order valence-electron chi connectivity index (χ0n) is 14.2. The molecular weight excluding hydrogens is 360 g/mol. The van der Waals surface area contributed by atoms with Crippen molar-refractivity contribution in [3.63, 3.8) is 0 Å². The quantitative estimate of drug-likeness (QED) is 0.775. The Morgan fingerprint density at radius 3 is 2.73 bits per heavy atom. The molecule has 1 aromatic carbocycles. The summed E-state index contributed by atoms with van der Waals surface area (Å²) in [6, 6.07) is 6.77. The Labute approximate surface area is 155 Å². The van der Waals surface area contributed by atoms with Crippen molar-refractivity contribution in [3.05, 3.63) is 46.2 Å². The van der Waals surface area contributed by atoms with E-state index in [0.717, 1.165) is 11.4 Å². The van der Waals surface area contributed by atoms with Gasteiger partial charge in [0.05, 0.1) is 24.5 Å². The number of carbonyl (C=O) groups is 2. The maximum atomic E-state index is 12.2. The molecule has 0 bridgehead atoms. The minimum Gasteiger partial charge on any atom is -0.476 e. The van der Waals surface area contributed by atoms with E-state index in [9.17, 15) is 14.7 Å². The number of nitrogens with one attached hydrogen (secondary N) is 1. The van der Waals surface area contributed by atoms with Crippen LogP contribution in [0, 0.1) is 0 Å². The van der Waals surface area contributed by atoms with Gasteiger partial charge in [-0.3, -0.25) is 0 Å². The predicted octanol–water partition coefficient (Wildman–Crippen LogP) is 1.94. The number of urea groups is 1. The van der Waals surface area contributed by atoms with Gasteiger partial charge in [0, 0.05) is 37.2 Å². The number of hydrogen-bond acceptors (Lipinski definition) is 4. The van der Waals surface area contributed by atoms with Crippen molar-refractivity contribution in [2.24, 2.45) is 0 Å². The normalized spacial score (nSPS) is 13.4. The van der Waals surface area contributed by atoms with E-state index in [2.05, 4.69) is 10.4 Å². The predicted molar refractivity (Wildman–Crippen MR) is 94.9 cm³/mol. The third-order valence-electron chi connectivity index (χ3n) is 4.20. The molecule has 2 heterocycles. The summed E-state index contributed by atoms with van der Waals surface area (Å²) in [6.45, 7) is 1.49. The first kappa shape index (κ1) is 18.2. The second-order valence-corrected chi connectivity index (χ2v) is 6.30. The molecule has 2 N–H and O–H groups in total. The number of carbonyl (C=O) groups excluding carboxylic acids is 1. The second kappa shape index (κ2) is 7.76. The van der Waals surface area contributed by atoms with E-state index in [1.54, 1.807) is 41.0 Å². The number of aromatic nitrogens is 2. The molecule has 0 fully saturated rings. The molecule has 138 valence electrons. The number of hydrogen-bond donors (Lipinski definition) is 2. The third-order valence-corrected chi connectivity index (χ3v) is 4.45. The molecular formula is C17H19ClN4O4. The summed E-state index contributed by atoms with van der Waals surface area (Å²) in [6.07, 6.45) is 0.510. The third kappa shape index (κ3) is 3.66. The topological polar surface area (TPSA) is 96.7 Å². The van der Waals surface area contributed by atoms with Crippen molar-refractivity contribution in [3.8, 4) is 5.69 Å². The molecule has 8 nitrogen and oxygen atoms in total. The van der Waals surface area contributed by atoms with Gasteiger partial charge in [-0.05, 0) is 24.3 Å². The van der Waals surface area contributed by atoms with Crippen molar-refractivity contribution in [2.75, 3.05) is 26.8 Å². The Hall–Kier alpha value is -2.58. The van der Waals surface area contributed by atoms with Gasteiger partial charge in [0.2, 0.25) is 0 Å². The number of benzene rings is 1. The number of nitrogens with zero attached hydrogens (tertiary/aromatic N) is 3. The first-order chi connectivity index (χ1) is 12.5. The van der Waals surface area contributed by atoms with Gasteiger partial charge in [-0.1, -0.05) is 11.6 Å². The minimum absolute atomic E-state index is 0.0376. The molecule has 0 spiro atoms. The number of ether oxygens (including phenoxy) is 1. The Morgan fingerprint density at radius 2 is 2.08 bits per heavy atom. The van der Waals surface area contributed by atoms with Crippen LogP contribution in [0.2, 0.25) is 5.02 Å². The highest BCUT2D eigenvalue weighted by atomic mass is 35.5. The number of amides is 2. The van der Waals surface area contributed by atoms with Gasteiger partial charge in [-0.2, -0.15) is 5.10 Å². The molecule has 0 saturated carbocycles. The van der Waals surface area contributed by atoms with Crippen molar-refractivity contribution in [1.82, 2.24) is 20.0 Å². The zero-order chi connectivity index (χ0) is 18.7. The number of halogens is 1. The molecule has 2 aromatic rings. The van der Waals surface area contributed by atoms with Crippen LogP contribution in [-0.4, -0.2) is 58.6 Å². The highest BCUT2D eigenvalue weighted by molar-refractivity contribution is 6.30. The van der Waals surface area contributed by atoms with Gasteiger partial charge < -0.3 is 20.1 Å². The summed E-state index contributed by atoms with van der Waals surface area (Å²) < 4.78 is 6.53. The SMILES string of the molecule is COCCNC(=O)N1CCc2c(c(C(=O)O)nn2-c2ccc(Cl)cc2)C1. The number of fused-ring (bicyclic) bond motifs is 1. The Bertz CT molecular complexity index is 819. The van der Waals surface area contributed by atoms with E-state index in [4.69, 9.17) is 16.3 Å². The number of methoxy groups -OCH3 is 1. The zero-order valence-corrected chi connectivity index (χ0v) is 15.0. The van der Waals surface area contributed by atoms with Crippen molar-refractivity contribution < 1.29 is 19.4 Å². The first-order valence-corrected chi connectivity index (χ1v) is 8.50. The molecule has 0 radical (unpaired) electrons. The van der Waals surface area contributed by atoms with E-state index < -0.39 is 5.97 Å². The molecule has 26 heavy (non-hydrogen) atoms. The van der Waals surface area contributed by atoms with Gasteiger partial charge in [-0.25, -0.2) is 14.3 Å². The Morgan fingerprint density at radius 1 is 1.35 bits per heavy atom. The van der Waals surface area contributed by atoms with Crippen molar-refractivity contribution in [2.45, 2.75) is 13.0 Å². The highest BCUT2D eigenvalue weighted by Gasteiger charge is 2.30. The summed E-state index contributed by atoms with van der Waals surface area (Å²) >= 11 is 5.92. The van der Waals surface area contributed by atoms with Crippen LogP contribution in [0.4, 0.5) is 4.79 Å². The van der Waals surface area contributed by atoms with Crippen molar-refractivity contribution in [1.29, 1.82) is 0 Å². The van der Waals surface area contributed by atoms with Crippen LogP contribution in [0.25, 0.3) is 5.69 Å². The molecule has 1 aromatic heterocycles. The van der Waals surface area contributed by atoms with Crippen LogP contribution in [0.3, 0.4) is 0 Å². The molecule has 1 aliphatic rings. The van der Waals surface area contributed by atoms with Crippen LogP contribution in [0.5, 0.6) is 0 Å². The average molecular weight is 379 g/mol. The molecule has 9 heteroatoms. The lowest BCUT2D eigenvalue weighted by Gasteiger charge is -2.27. The van der Waals surface area contributed by atoms with Gasteiger partial charge in [0.25, 0.3) is 0 Å². The second-order valence-electron chi connectivity index (χ2n) is 5.86. The standard InChI is InChI=1S/C17H19ClN4O4/c1-26-9-7-19-17(25)21-8-6-14-13(10-21)15(16(23)24)20-22(14)12-4-2-11(18)3-5-12/h2-5H,6-10H2,1H3,(H,19,25)(H,23,24). The van der Waals surface area contributed by atoms with Gasteiger partial charge >= 0.3 is 12.0 Å². The molecule has 0 atom stereocenters. The van der Waals surface area contributed by atoms with Crippen LogP contribution >= 0.6 is 11.6 Å². The molecule has 1 aliphatic heterocycles. The van der Waals surface area contributed by atoms with E-state index in [-0.39, 0.29) is 18.3 Å². The fourth-order valence-corrected chi connectivity index (χ4v) is 3.06. The first-order valence-electron chi connectivity index (χ1n) is 8.13. The highest BCUT2D eigenvalue weighted by Crippen LogP contribution is 2.26. The number of rotatable bonds is 5. The summed E-state index contributed by atoms with van der Waals surface area (Å²) in [5, 5.41) is 17.1. The molecule has 2 amide bonds. The number of carboxylic acid groups (broad SMARTS) is 1. The van der Waals surface area contributed by atoms with E-state index in [0.29, 0.717) is 36.7 Å². The van der Waals surface area contributed by atoms with Crippen LogP contribution < -0.4 is 5.32 Å². The number of aromatic carboxylic acids is 1. The smallest absolute Gasteiger partial charge is 0.356 e. The maximum Gasteiger partial charge on any atom is 0.356 e. The van der Waals surface area contributed by atoms with Gasteiger partial charge in [0.15, 0.2) is 5.69 Å². The van der Waals surface area contributed by atoms with E-state index >= 15 is 0 Å². The van der Waals surface area contributed by atoms with Crippen LogP contribution in [0.15, 0.2) is 24.3 Å². The average Bonchev–Trinajstić information content (AvgIpc) is 3.01. The molecule has 0 unspecified atom stereocenters. The fourth-order valence-electron chi connectivity index (χ4n) is 2.93. The summed E-state index contributed by atoms with van der Waals surface area (Å²) in [4.78, 5) is 25.5. The van der Waals surface area contributed by atoms with E-state index in [1.807, 2.05) is 0 Å². The Kier molecular flexibility index (Phi) is 5.43. The van der Waals surface area contributed by atoms with Crippen molar-refractivity contribution >= 4 is 23.6 Å². The lowest BCUT2D eigenvalue weighted by Crippen LogP contribution is -2.44. The van der Waals surface area contributed by atoms with Gasteiger partial charge in [-0.15, -0.1) is 0 Å². The monoisotopic (exact) mass is 378 g/mol. The Balaban J connectivity index is 1.88. The summed E-state index contributed by atoms with van der Waals surface area (Å²) in [5.74, 6) is -1.12. The van der Waals surface area contributed by atoms with E-state index in [1.165, 1.54) is 0 Å². The number of carboxylic acids is 1. The minimum atomic E-state index is -1.12. The largest absolute Gasteiger partial charge is 0.476 e. The lowest BCUT2D eigenvalue weighted by atomic mass is 10.1. The van der Waals surface area contributed by atoms with Crippen LogP contribution in [0.1, 0.15) is 21.7 Å². The summed E-state index contributed by atoms with van der Waals surface area (Å²) in [5.41, 5.74) is 2.05. The fraction of sp³-hybridized carbons (Fsp3) is 0.353. The maximum absolute atomic E-state index is 12.2. The summed E-state index contributed by atoms with van der Waals surface area (Å²) in [7, 11) is 1.56. The van der Waals surface area contributed by atoms with Gasteiger partial charge in [0.1, 0.15) is 0 Å².